The first-order chi connectivity index (χ1) is 11.5. The second-order valence-electron chi connectivity index (χ2n) is 6.52. The minimum Gasteiger partial charge on any atom is -0.434 e. The number of nitrogens with one attached hydrogen (secondary N) is 1. The zero-order valence-corrected chi connectivity index (χ0v) is 14.5. The molecule has 0 radical (unpaired) electrons. The van der Waals surface area contributed by atoms with Crippen LogP contribution in [-0.4, -0.2) is 48.9 Å². The van der Waals surface area contributed by atoms with E-state index < -0.39 is 6.61 Å². The van der Waals surface area contributed by atoms with E-state index in [1.54, 1.807) is 12.1 Å². The van der Waals surface area contributed by atoms with Crippen molar-refractivity contribution in [1.82, 2.24) is 10.2 Å². The second kappa shape index (κ2) is 9.30. The van der Waals surface area contributed by atoms with Crippen LogP contribution in [0.3, 0.4) is 0 Å². The highest BCUT2D eigenvalue weighted by molar-refractivity contribution is 5.39. The molecule has 1 aromatic carbocycles. The van der Waals surface area contributed by atoms with Crippen LogP contribution in [0.25, 0.3) is 0 Å². The molecule has 0 saturated carbocycles. The first kappa shape index (κ1) is 19.1. The van der Waals surface area contributed by atoms with Crippen molar-refractivity contribution >= 4 is 0 Å². The third kappa shape index (κ3) is 6.00. The highest BCUT2D eigenvalue weighted by atomic mass is 19.3. The van der Waals surface area contributed by atoms with Crippen molar-refractivity contribution in [3.63, 3.8) is 0 Å². The smallest absolute Gasteiger partial charge is 0.387 e. The lowest BCUT2D eigenvalue weighted by Gasteiger charge is -2.29. The molecule has 1 heterocycles. The number of piperidine rings is 1. The molecule has 0 bridgehead atoms. The highest BCUT2D eigenvalue weighted by Gasteiger charge is 2.17. The predicted octanol–water partition coefficient (Wildman–Crippen LogP) is 3.09. The molecule has 1 atom stereocenters. The van der Waals surface area contributed by atoms with E-state index in [9.17, 15) is 13.9 Å². The van der Waals surface area contributed by atoms with Gasteiger partial charge in [-0.2, -0.15) is 8.78 Å². The fourth-order valence-electron chi connectivity index (χ4n) is 3.08. The summed E-state index contributed by atoms with van der Waals surface area (Å²) >= 11 is 0. The van der Waals surface area contributed by atoms with Gasteiger partial charge in [0.2, 0.25) is 0 Å². The van der Waals surface area contributed by atoms with Gasteiger partial charge in [0.05, 0.1) is 6.10 Å². The van der Waals surface area contributed by atoms with Crippen LogP contribution in [0.2, 0.25) is 0 Å². The molecule has 1 aromatic rings. The van der Waals surface area contributed by atoms with Gasteiger partial charge in [0.15, 0.2) is 0 Å². The Labute approximate surface area is 142 Å². The van der Waals surface area contributed by atoms with Crippen LogP contribution < -0.4 is 10.1 Å². The minimum atomic E-state index is -2.81. The SMILES string of the molecule is Cc1ccc(OC(F)F)c(C(C)NCCCN2CCC(O)CC2)c1. The van der Waals surface area contributed by atoms with Gasteiger partial charge in [-0.1, -0.05) is 17.7 Å². The summed E-state index contributed by atoms with van der Waals surface area (Å²) < 4.78 is 29.7. The Kier molecular flexibility index (Phi) is 7.40. The molecule has 0 amide bonds. The molecule has 1 aliphatic heterocycles. The monoisotopic (exact) mass is 342 g/mol. The number of rotatable bonds is 8. The first-order valence-corrected chi connectivity index (χ1v) is 8.65. The molecular weight excluding hydrogens is 314 g/mol. The molecule has 1 aliphatic rings. The molecule has 1 fully saturated rings. The zero-order chi connectivity index (χ0) is 17.5. The average Bonchev–Trinajstić information content (AvgIpc) is 2.54. The quantitative estimate of drug-likeness (QED) is 0.713. The lowest BCUT2D eigenvalue weighted by Crippen LogP contribution is -2.37. The van der Waals surface area contributed by atoms with Crippen molar-refractivity contribution in [2.24, 2.45) is 0 Å². The maximum atomic E-state index is 12.5. The Balaban J connectivity index is 1.79. The van der Waals surface area contributed by atoms with Crippen molar-refractivity contribution in [3.8, 4) is 5.75 Å². The van der Waals surface area contributed by atoms with Crippen LogP contribution in [-0.2, 0) is 0 Å². The van der Waals surface area contributed by atoms with Gasteiger partial charge in [-0.05, 0) is 52.3 Å². The molecule has 24 heavy (non-hydrogen) atoms. The Morgan fingerprint density at radius 3 is 2.71 bits per heavy atom. The Morgan fingerprint density at radius 2 is 2.04 bits per heavy atom. The summed E-state index contributed by atoms with van der Waals surface area (Å²) in [6.07, 6.45) is 2.54. The second-order valence-corrected chi connectivity index (χ2v) is 6.52. The van der Waals surface area contributed by atoms with Crippen molar-refractivity contribution in [1.29, 1.82) is 0 Å². The van der Waals surface area contributed by atoms with Crippen molar-refractivity contribution < 1.29 is 18.6 Å². The third-order valence-electron chi connectivity index (χ3n) is 4.51. The predicted molar refractivity (Wildman–Crippen MR) is 90.5 cm³/mol. The van der Waals surface area contributed by atoms with Gasteiger partial charge in [-0.25, -0.2) is 0 Å². The topological polar surface area (TPSA) is 44.7 Å². The summed E-state index contributed by atoms with van der Waals surface area (Å²) in [5.74, 6) is 0.237. The highest BCUT2D eigenvalue weighted by Crippen LogP contribution is 2.27. The fraction of sp³-hybridized carbons (Fsp3) is 0.667. The van der Waals surface area contributed by atoms with Crippen LogP contribution in [0.1, 0.15) is 43.4 Å². The number of benzene rings is 1. The molecule has 1 unspecified atom stereocenters. The van der Waals surface area contributed by atoms with E-state index in [0.717, 1.165) is 56.6 Å². The molecule has 6 heteroatoms. The number of hydrogen-bond acceptors (Lipinski definition) is 4. The van der Waals surface area contributed by atoms with Crippen LogP contribution in [0.4, 0.5) is 8.78 Å². The van der Waals surface area contributed by atoms with Gasteiger partial charge in [0, 0.05) is 24.7 Å². The maximum Gasteiger partial charge on any atom is 0.387 e. The third-order valence-corrected chi connectivity index (χ3v) is 4.51. The number of aryl methyl sites for hydroxylation is 1. The molecule has 0 aromatic heterocycles. The normalized spacial score (nSPS) is 18.1. The van der Waals surface area contributed by atoms with E-state index >= 15 is 0 Å². The molecule has 2 rings (SSSR count). The average molecular weight is 342 g/mol. The number of nitrogens with zero attached hydrogens (tertiary/aromatic N) is 1. The molecule has 4 nitrogen and oxygen atoms in total. The summed E-state index contributed by atoms with van der Waals surface area (Å²) in [4.78, 5) is 2.36. The maximum absolute atomic E-state index is 12.5. The van der Waals surface area contributed by atoms with Crippen LogP contribution in [0, 0.1) is 6.92 Å². The minimum absolute atomic E-state index is 0.0539. The Hall–Kier alpha value is -1.24. The number of likely N-dealkylation sites (tertiary alicyclic amines) is 1. The molecule has 136 valence electrons. The largest absolute Gasteiger partial charge is 0.434 e. The molecule has 0 aliphatic carbocycles. The van der Waals surface area contributed by atoms with Gasteiger partial charge in [-0.3, -0.25) is 0 Å². The first-order valence-electron chi connectivity index (χ1n) is 8.65. The number of ether oxygens (including phenoxy) is 1. The van der Waals surface area contributed by atoms with E-state index in [2.05, 4.69) is 15.0 Å². The number of aliphatic hydroxyl groups is 1. The zero-order valence-electron chi connectivity index (χ0n) is 14.5. The lowest BCUT2D eigenvalue weighted by atomic mass is 10.0. The van der Waals surface area contributed by atoms with Crippen LogP contribution in [0.5, 0.6) is 5.75 Å². The van der Waals surface area contributed by atoms with E-state index in [1.165, 1.54) is 0 Å². The van der Waals surface area contributed by atoms with Gasteiger partial charge < -0.3 is 20.1 Å². The summed E-state index contributed by atoms with van der Waals surface area (Å²) in [6.45, 7) is 4.77. The number of alkyl halides is 2. The Morgan fingerprint density at radius 1 is 1.33 bits per heavy atom. The molecule has 0 spiro atoms. The van der Waals surface area contributed by atoms with Crippen molar-refractivity contribution in [2.45, 2.75) is 51.9 Å². The van der Waals surface area contributed by atoms with E-state index in [-0.39, 0.29) is 17.9 Å². The standard InChI is InChI=1S/C18H28F2N2O2/c1-13-4-5-17(24-18(19)20)16(12-13)14(2)21-8-3-9-22-10-6-15(23)7-11-22/h4-5,12,14-15,18,21,23H,3,6-11H2,1-2H3. The fourth-order valence-corrected chi connectivity index (χ4v) is 3.08. The van der Waals surface area contributed by atoms with Crippen LogP contribution >= 0.6 is 0 Å². The van der Waals surface area contributed by atoms with Crippen molar-refractivity contribution in [3.05, 3.63) is 29.3 Å². The van der Waals surface area contributed by atoms with Gasteiger partial charge in [0.1, 0.15) is 5.75 Å². The van der Waals surface area contributed by atoms with Crippen molar-refractivity contribution in [2.75, 3.05) is 26.2 Å². The summed E-state index contributed by atoms with van der Waals surface area (Å²) in [7, 11) is 0. The molecular formula is C18H28F2N2O2. The lowest BCUT2D eigenvalue weighted by molar-refractivity contribution is -0.0506. The number of aliphatic hydroxyl groups excluding tert-OH is 1. The van der Waals surface area contributed by atoms with Crippen LogP contribution in [0.15, 0.2) is 18.2 Å². The van der Waals surface area contributed by atoms with E-state index in [0.29, 0.717) is 0 Å². The summed E-state index contributed by atoms with van der Waals surface area (Å²) in [6, 6.07) is 5.22. The van der Waals surface area contributed by atoms with Gasteiger partial charge in [0.25, 0.3) is 0 Å². The number of hydrogen-bond donors (Lipinski definition) is 2. The molecule has 2 N–H and O–H groups in total. The Bertz CT molecular complexity index is 506. The summed E-state index contributed by atoms with van der Waals surface area (Å²) in [5, 5.41) is 12.9. The van der Waals surface area contributed by atoms with E-state index in [4.69, 9.17) is 0 Å². The number of halogens is 2. The van der Waals surface area contributed by atoms with Gasteiger partial charge in [-0.15, -0.1) is 0 Å². The van der Waals surface area contributed by atoms with E-state index in [1.807, 2.05) is 19.9 Å². The van der Waals surface area contributed by atoms with Gasteiger partial charge >= 0.3 is 6.61 Å². The molecule has 1 saturated heterocycles. The summed E-state index contributed by atoms with van der Waals surface area (Å²) in [5.41, 5.74) is 1.78.